The summed E-state index contributed by atoms with van der Waals surface area (Å²) in [7, 11) is 0. The number of fused-ring (bicyclic) bond motifs is 1. The molecule has 2 aromatic rings. The minimum Gasteiger partial charge on any atom is -0.394 e. The SMILES string of the molecule is CC(CO)NC(=O)c1cnc2c(C3=CCC4(CC3)CC4)cccc2c1. The van der Waals surface area contributed by atoms with Gasteiger partial charge in [0, 0.05) is 23.2 Å². The van der Waals surface area contributed by atoms with E-state index < -0.39 is 0 Å². The number of aliphatic hydroxyl groups is 1. The summed E-state index contributed by atoms with van der Waals surface area (Å²) in [5.74, 6) is -0.200. The van der Waals surface area contributed by atoms with Crippen LogP contribution in [-0.4, -0.2) is 28.6 Å². The number of hydrogen-bond donors (Lipinski definition) is 2. The standard InChI is InChI=1S/C21H24N2O2/c1-14(13-24)23-20(25)17-11-16-3-2-4-18(19(16)22-12-17)15-5-7-21(8-6-15)9-10-21/h2-5,11-12,14,24H,6-10,13H2,1H3,(H,23,25). The minimum absolute atomic E-state index is 0.0768. The zero-order valence-electron chi connectivity index (χ0n) is 14.6. The van der Waals surface area contributed by atoms with Crippen molar-refractivity contribution >= 4 is 22.4 Å². The maximum atomic E-state index is 12.2. The Morgan fingerprint density at radius 2 is 2.20 bits per heavy atom. The lowest BCUT2D eigenvalue weighted by atomic mass is 9.84. The summed E-state index contributed by atoms with van der Waals surface area (Å²) < 4.78 is 0. The van der Waals surface area contributed by atoms with Crippen molar-refractivity contribution in [3.63, 3.8) is 0 Å². The van der Waals surface area contributed by atoms with Crippen LogP contribution in [0.4, 0.5) is 0 Å². The first-order valence-electron chi connectivity index (χ1n) is 9.10. The first-order chi connectivity index (χ1) is 12.1. The van der Waals surface area contributed by atoms with Crippen molar-refractivity contribution in [2.75, 3.05) is 6.61 Å². The molecule has 1 heterocycles. The Hall–Kier alpha value is -2.20. The molecule has 1 amide bonds. The topological polar surface area (TPSA) is 62.2 Å². The summed E-state index contributed by atoms with van der Waals surface area (Å²) in [5.41, 5.74) is 4.70. The number of pyridine rings is 1. The van der Waals surface area contributed by atoms with E-state index in [1.807, 2.05) is 18.2 Å². The molecule has 1 fully saturated rings. The van der Waals surface area contributed by atoms with E-state index in [0.29, 0.717) is 11.0 Å². The predicted molar refractivity (Wildman–Crippen MR) is 99.3 cm³/mol. The van der Waals surface area contributed by atoms with Gasteiger partial charge in [0.05, 0.1) is 17.7 Å². The first kappa shape index (κ1) is 16.3. The molecule has 4 nitrogen and oxygen atoms in total. The van der Waals surface area contributed by atoms with Gasteiger partial charge in [0.25, 0.3) is 5.91 Å². The van der Waals surface area contributed by atoms with E-state index in [0.717, 1.165) is 17.3 Å². The lowest BCUT2D eigenvalue weighted by Gasteiger charge is -2.22. The monoisotopic (exact) mass is 336 g/mol. The van der Waals surface area contributed by atoms with E-state index in [9.17, 15) is 4.79 Å². The summed E-state index contributed by atoms with van der Waals surface area (Å²) in [6.45, 7) is 1.69. The van der Waals surface area contributed by atoms with Crippen molar-refractivity contribution in [1.82, 2.24) is 10.3 Å². The van der Waals surface area contributed by atoms with Crippen LogP contribution in [0.15, 0.2) is 36.5 Å². The minimum atomic E-state index is -0.267. The fourth-order valence-electron chi connectivity index (χ4n) is 3.72. The van der Waals surface area contributed by atoms with Gasteiger partial charge in [-0.2, -0.15) is 0 Å². The number of carbonyl (C=O) groups is 1. The van der Waals surface area contributed by atoms with Gasteiger partial charge >= 0.3 is 0 Å². The number of amides is 1. The third-order valence-corrected chi connectivity index (χ3v) is 5.63. The number of aliphatic hydroxyl groups excluding tert-OH is 1. The Bertz CT molecular complexity index is 852. The van der Waals surface area contributed by atoms with Gasteiger partial charge in [0.2, 0.25) is 0 Å². The molecule has 0 radical (unpaired) electrons. The normalized spacial score (nSPS) is 19.5. The molecule has 1 saturated carbocycles. The van der Waals surface area contributed by atoms with Gasteiger partial charge < -0.3 is 10.4 Å². The van der Waals surface area contributed by atoms with Crippen LogP contribution in [0.3, 0.4) is 0 Å². The van der Waals surface area contributed by atoms with E-state index in [1.165, 1.54) is 36.8 Å². The van der Waals surface area contributed by atoms with Gasteiger partial charge in [0.15, 0.2) is 0 Å². The number of carbonyl (C=O) groups excluding carboxylic acids is 1. The zero-order valence-corrected chi connectivity index (χ0v) is 14.6. The molecule has 2 aliphatic rings. The summed E-state index contributed by atoms with van der Waals surface area (Å²) in [6.07, 6.45) is 10.4. The highest BCUT2D eigenvalue weighted by Crippen LogP contribution is 2.56. The molecule has 130 valence electrons. The number of benzene rings is 1. The Morgan fingerprint density at radius 1 is 1.36 bits per heavy atom. The lowest BCUT2D eigenvalue weighted by Crippen LogP contribution is -2.35. The fourth-order valence-corrected chi connectivity index (χ4v) is 3.72. The number of aromatic nitrogens is 1. The van der Waals surface area contributed by atoms with Crippen molar-refractivity contribution in [3.8, 4) is 0 Å². The molecular weight excluding hydrogens is 312 g/mol. The molecule has 2 aliphatic carbocycles. The number of nitrogens with zero attached hydrogens (tertiary/aromatic N) is 1. The van der Waals surface area contributed by atoms with E-state index >= 15 is 0 Å². The second-order valence-electron chi connectivity index (χ2n) is 7.59. The van der Waals surface area contributed by atoms with E-state index in [4.69, 9.17) is 5.11 Å². The fraction of sp³-hybridized carbons (Fsp3) is 0.429. The summed E-state index contributed by atoms with van der Waals surface area (Å²) in [6, 6.07) is 7.80. The van der Waals surface area contributed by atoms with E-state index in [1.54, 1.807) is 13.1 Å². The maximum absolute atomic E-state index is 12.2. The van der Waals surface area contributed by atoms with Crippen LogP contribution in [0.2, 0.25) is 0 Å². The molecular formula is C21H24N2O2. The van der Waals surface area contributed by atoms with Crippen molar-refractivity contribution in [1.29, 1.82) is 0 Å². The molecule has 0 bridgehead atoms. The highest BCUT2D eigenvalue weighted by molar-refractivity contribution is 5.99. The quantitative estimate of drug-likeness (QED) is 0.895. The molecule has 1 atom stereocenters. The van der Waals surface area contributed by atoms with Gasteiger partial charge in [0.1, 0.15) is 0 Å². The van der Waals surface area contributed by atoms with Gasteiger partial charge in [-0.3, -0.25) is 9.78 Å². The zero-order chi connectivity index (χ0) is 17.4. The van der Waals surface area contributed by atoms with Crippen LogP contribution in [-0.2, 0) is 0 Å². The molecule has 1 unspecified atom stereocenters. The molecule has 25 heavy (non-hydrogen) atoms. The third-order valence-electron chi connectivity index (χ3n) is 5.63. The van der Waals surface area contributed by atoms with Crippen LogP contribution < -0.4 is 5.32 Å². The van der Waals surface area contributed by atoms with Crippen molar-refractivity contribution < 1.29 is 9.90 Å². The Balaban J connectivity index is 1.64. The number of hydrogen-bond acceptors (Lipinski definition) is 3. The smallest absolute Gasteiger partial charge is 0.253 e. The molecule has 0 aliphatic heterocycles. The number of para-hydroxylation sites is 1. The second kappa shape index (κ2) is 6.26. The number of rotatable bonds is 4. The second-order valence-corrected chi connectivity index (χ2v) is 7.59. The molecule has 1 spiro atoms. The van der Waals surface area contributed by atoms with Crippen LogP contribution in [0.1, 0.15) is 54.9 Å². The molecule has 4 rings (SSSR count). The Kier molecular flexibility index (Phi) is 4.08. The van der Waals surface area contributed by atoms with Gasteiger partial charge in [-0.1, -0.05) is 24.3 Å². The van der Waals surface area contributed by atoms with E-state index in [2.05, 4.69) is 22.4 Å². The maximum Gasteiger partial charge on any atom is 0.253 e. The third kappa shape index (κ3) is 3.19. The molecule has 2 N–H and O–H groups in total. The van der Waals surface area contributed by atoms with Crippen molar-refractivity contribution in [2.45, 2.75) is 45.1 Å². The van der Waals surface area contributed by atoms with Crippen LogP contribution >= 0.6 is 0 Å². The lowest BCUT2D eigenvalue weighted by molar-refractivity contribution is 0.0922. The van der Waals surface area contributed by atoms with Crippen LogP contribution in [0, 0.1) is 5.41 Å². The summed E-state index contributed by atoms with van der Waals surface area (Å²) in [4.78, 5) is 16.8. The van der Waals surface area contributed by atoms with Gasteiger partial charge in [-0.25, -0.2) is 0 Å². The summed E-state index contributed by atoms with van der Waals surface area (Å²) in [5, 5.41) is 12.8. The highest BCUT2D eigenvalue weighted by Gasteiger charge is 2.42. The Labute approximate surface area is 148 Å². The average Bonchev–Trinajstić information content (AvgIpc) is 3.40. The number of nitrogens with one attached hydrogen (secondary N) is 1. The molecule has 4 heteroatoms. The largest absolute Gasteiger partial charge is 0.394 e. The Morgan fingerprint density at radius 3 is 2.88 bits per heavy atom. The van der Waals surface area contributed by atoms with Crippen molar-refractivity contribution in [2.24, 2.45) is 5.41 Å². The summed E-state index contributed by atoms with van der Waals surface area (Å²) >= 11 is 0. The molecule has 0 saturated heterocycles. The number of allylic oxidation sites excluding steroid dienone is 2. The molecule has 1 aromatic heterocycles. The van der Waals surface area contributed by atoms with Gasteiger partial charge in [-0.05, 0) is 56.1 Å². The van der Waals surface area contributed by atoms with Crippen molar-refractivity contribution in [3.05, 3.63) is 47.7 Å². The first-order valence-corrected chi connectivity index (χ1v) is 9.10. The average molecular weight is 336 g/mol. The van der Waals surface area contributed by atoms with E-state index in [-0.39, 0.29) is 18.6 Å². The molecule has 1 aromatic carbocycles. The predicted octanol–water partition coefficient (Wildman–Crippen LogP) is 3.69. The van der Waals surface area contributed by atoms with Crippen LogP contribution in [0.25, 0.3) is 16.5 Å². The van der Waals surface area contributed by atoms with Crippen LogP contribution in [0.5, 0.6) is 0 Å². The highest BCUT2D eigenvalue weighted by atomic mass is 16.3. The van der Waals surface area contributed by atoms with Gasteiger partial charge in [-0.15, -0.1) is 0 Å².